The third-order valence-corrected chi connectivity index (χ3v) is 3.89. The molecule has 0 aliphatic heterocycles. The molecule has 0 saturated carbocycles. The zero-order chi connectivity index (χ0) is 17.8. The molecule has 0 aliphatic rings. The molecule has 0 fully saturated rings. The van der Waals surface area contributed by atoms with Crippen LogP contribution in [0.3, 0.4) is 0 Å². The molecule has 3 rings (SSSR count). The quantitative estimate of drug-likeness (QED) is 0.660. The predicted octanol–water partition coefficient (Wildman–Crippen LogP) is 3.70. The lowest BCUT2D eigenvalue weighted by Gasteiger charge is -2.12. The molecule has 0 saturated heterocycles. The van der Waals surface area contributed by atoms with Gasteiger partial charge in [0.15, 0.2) is 6.61 Å². The Bertz CT molecular complexity index is 950. The number of carbonyl (C=O) groups excluding carboxylic acids is 1. The van der Waals surface area contributed by atoms with Crippen molar-refractivity contribution in [2.24, 2.45) is 0 Å². The first kappa shape index (κ1) is 16.5. The average molecular weight is 336 g/mol. The molecule has 0 amide bonds. The number of ether oxygens (including phenoxy) is 2. The van der Waals surface area contributed by atoms with Crippen LogP contribution in [0.5, 0.6) is 5.75 Å². The van der Waals surface area contributed by atoms with Crippen molar-refractivity contribution in [3.05, 3.63) is 59.0 Å². The Balaban J connectivity index is 1.96. The third kappa shape index (κ3) is 3.45. The van der Waals surface area contributed by atoms with Crippen molar-refractivity contribution in [2.45, 2.75) is 20.5 Å². The minimum Gasteiger partial charge on any atom is -0.488 e. The van der Waals surface area contributed by atoms with E-state index >= 15 is 0 Å². The zero-order valence-electron chi connectivity index (χ0n) is 13.9. The molecule has 0 spiro atoms. The second-order valence-corrected chi connectivity index (χ2v) is 5.52. The van der Waals surface area contributed by atoms with Gasteiger partial charge < -0.3 is 14.0 Å². The molecule has 0 radical (unpaired) electrons. The minimum absolute atomic E-state index is 0.220. The predicted molar refractivity (Wildman–Crippen MR) is 90.2 cm³/mol. The molecule has 1 heterocycles. The van der Waals surface area contributed by atoms with Gasteiger partial charge in [-0.1, -0.05) is 29.4 Å². The lowest BCUT2D eigenvalue weighted by Crippen LogP contribution is -2.09. The number of nitrogens with zero attached hydrogens (tertiary/aromatic N) is 2. The molecular weight excluding hydrogens is 320 g/mol. The van der Waals surface area contributed by atoms with Crippen molar-refractivity contribution in [2.75, 3.05) is 6.61 Å². The molecule has 2 aromatic carbocycles. The van der Waals surface area contributed by atoms with Gasteiger partial charge in [-0.2, -0.15) is 5.26 Å². The number of rotatable bonds is 5. The highest BCUT2D eigenvalue weighted by atomic mass is 16.5. The summed E-state index contributed by atoms with van der Waals surface area (Å²) in [6.07, 6.45) is 0. The van der Waals surface area contributed by atoms with Crippen molar-refractivity contribution in [1.29, 1.82) is 5.26 Å². The standard InChI is InChI=1S/C19H16N2O4/c1-12-17(13(2)25-21-12)11-24-18-10-15-6-4-3-5-14(15)9-16(18)19(22)23-8-7-20/h3-6,9-10H,8,11H2,1-2H3. The number of nitriles is 1. The highest BCUT2D eigenvalue weighted by Crippen LogP contribution is 2.28. The smallest absolute Gasteiger partial charge is 0.342 e. The van der Waals surface area contributed by atoms with Gasteiger partial charge in [-0.15, -0.1) is 0 Å². The van der Waals surface area contributed by atoms with Gasteiger partial charge in [0.05, 0.1) is 11.3 Å². The van der Waals surface area contributed by atoms with Crippen LogP contribution in [0, 0.1) is 25.2 Å². The first-order chi connectivity index (χ1) is 12.1. The topological polar surface area (TPSA) is 85.3 Å². The Kier molecular flexibility index (Phi) is 4.66. The molecule has 25 heavy (non-hydrogen) atoms. The second-order valence-electron chi connectivity index (χ2n) is 5.52. The van der Waals surface area contributed by atoms with E-state index in [1.165, 1.54) is 0 Å². The fourth-order valence-corrected chi connectivity index (χ4v) is 2.53. The van der Waals surface area contributed by atoms with Gasteiger partial charge in [0.2, 0.25) is 0 Å². The molecule has 3 aromatic rings. The van der Waals surface area contributed by atoms with Gasteiger partial charge in [0.1, 0.15) is 29.7 Å². The monoisotopic (exact) mass is 336 g/mol. The number of aryl methyl sites for hydroxylation is 2. The molecule has 126 valence electrons. The number of fused-ring (bicyclic) bond motifs is 1. The highest BCUT2D eigenvalue weighted by molar-refractivity contribution is 5.98. The van der Waals surface area contributed by atoms with Gasteiger partial charge in [-0.05, 0) is 36.8 Å². The van der Waals surface area contributed by atoms with Crippen molar-refractivity contribution in [3.8, 4) is 11.8 Å². The van der Waals surface area contributed by atoms with Crippen LogP contribution in [-0.2, 0) is 11.3 Å². The van der Waals surface area contributed by atoms with Gasteiger partial charge in [-0.3, -0.25) is 0 Å². The number of carbonyl (C=O) groups is 1. The lowest BCUT2D eigenvalue weighted by atomic mass is 10.1. The molecule has 0 N–H and O–H groups in total. The molecule has 0 atom stereocenters. The third-order valence-electron chi connectivity index (χ3n) is 3.89. The Morgan fingerprint density at radius 3 is 2.60 bits per heavy atom. The van der Waals surface area contributed by atoms with Crippen molar-refractivity contribution in [1.82, 2.24) is 5.16 Å². The van der Waals surface area contributed by atoms with E-state index in [1.54, 1.807) is 25.1 Å². The van der Waals surface area contributed by atoms with Gasteiger partial charge >= 0.3 is 5.97 Å². The minimum atomic E-state index is -0.596. The molecule has 1 aromatic heterocycles. The fourth-order valence-electron chi connectivity index (χ4n) is 2.53. The van der Waals surface area contributed by atoms with Gasteiger partial charge in [0.25, 0.3) is 0 Å². The normalized spacial score (nSPS) is 10.4. The van der Waals surface area contributed by atoms with E-state index in [-0.39, 0.29) is 18.8 Å². The lowest BCUT2D eigenvalue weighted by molar-refractivity contribution is 0.0550. The summed E-state index contributed by atoms with van der Waals surface area (Å²) in [4.78, 5) is 12.3. The zero-order valence-corrected chi connectivity index (χ0v) is 13.9. The number of hydrogen-bond acceptors (Lipinski definition) is 6. The number of hydrogen-bond donors (Lipinski definition) is 0. The van der Waals surface area contributed by atoms with Crippen LogP contribution < -0.4 is 4.74 Å². The van der Waals surface area contributed by atoms with E-state index in [1.807, 2.05) is 31.2 Å². The maximum Gasteiger partial charge on any atom is 0.342 e. The van der Waals surface area contributed by atoms with Crippen LogP contribution in [0.15, 0.2) is 40.9 Å². The summed E-state index contributed by atoms with van der Waals surface area (Å²) in [6.45, 7) is 3.55. The van der Waals surface area contributed by atoms with Crippen molar-refractivity contribution < 1.29 is 18.8 Å². The molecule has 6 nitrogen and oxygen atoms in total. The van der Waals surface area contributed by atoms with E-state index in [0.29, 0.717) is 11.5 Å². The fraction of sp³-hybridized carbons (Fsp3) is 0.211. The maximum absolute atomic E-state index is 12.3. The number of esters is 1. The van der Waals surface area contributed by atoms with Crippen molar-refractivity contribution >= 4 is 16.7 Å². The molecule has 0 aliphatic carbocycles. The van der Waals surface area contributed by atoms with E-state index in [0.717, 1.165) is 22.0 Å². The van der Waals surface area contributed by atoms with E-state index < -0.39 is 5.97 Å². The Morgan fingerprint density at radius 1 is 1.24 bits per heavy atom. The van der Waals surface area contributed by atoms with Crippen LogP contribution in [0.2, 0.25) is 0 Å². The highest BCUT2D eigenvalue weighted by Gasteiger charge is 2.17. The first-order valence-electron chi connectivity index (χ1n) is 7.71. The largest absolute Gasteiger partial charge is 0.488 e. The summed E-state index contributed by atoms with van der Waals surface area (Å²) >= 11 is 0. The molecule has 6 heteroatoms. The summed E-state index contributed by atoms with van der Waals surface area (Å²) in [7, 11) is 0. The first-order valence-corrected chi connectivity index (χ1v) is 7.71. The van der Waals surface area contributed by atoms with Gasteiger partial charge in [0, 0.05) is 0 Å². The van der Waals surface area contributed by atoms with Crippen LogP contribution >= 0.6 is 0 Å². The summed E-state index contributed by atoms with van der Waals surface area (Å²) < 4.78 is 15.9. The Labute approximate surface area is 144 Å². The Hall–Kier alpha value is -3.33. The Morgan fingerprint density at radius 2 is 1.96 bits per heavy atom. The number of benzene rings is 2. The summed E-state index contributed by atoms with van der Waals surface area (Å²) in [5.41, 5.74) is 1.86. The summed E-state index contributed by atoms with van der Waals surface area (Å²) in [5, 5.41) is 14.3. The molecule has 0 unspecified atom stereocenters. The molecule has 0 bridgehead atoms. The van der Waals surface area contributed by atoms with Crippen LogP contribution in [0.1, 0.15) is 27.4 Å². The average Bonchev–Trinajstić information content (AvgIpc) is 2.95. The van der Waals surface area contributed by atoms with E-state index in [4.69, 9.17) is 19.3 Å². The molecular formula is C19H16N2O4. The SMILES string of the molecule is Cc1noc(C)c1COc1cc2ccccc2cc1C(=O)OCC#N. The van der Waals surface area contributed by atoms with Crippen LogP contribution in [-0.4, -0.2) is 17.7 Å². The summed E-state index contributed by atoms with van der Waals surface area (Å²) in [6, 6.07) is 12.9. The van der Waals surface area contributed by atoms with E-state index in [2.05, 4.69) is 5.16 Å². The van der Waals surface area contributed by atoms with E-state index in [9.17, 15) is 4.79 Å². The van der Waals surface area contributed by atoms with Crippen LogP contribution in [0.4, 0.5) is 0 Å². The second kappa shape index (κ2) is 7.05. The van der Waals surface area contributed by atoms with Gasteiger partial charge in [-0.25, -0.2) is 4.79 Å². The van der Waals surface area contributed by atoms with Crippen molar-refractivity contribution in [3.63, 3.8) is 0 Å². The van der Waals surface area contributed by atoms with Crippen LogP contribution in [0.25, 0.3) is 10.8 Å². The maximum atomic E-state index is 12.3. The number of aromatic nitrogens is 1. The summed E-state index contributed by atoms with van der Waals surface area (Å²) in [5.74, 6) is 0.467.